The normalized spacial score (nSPS) is 11.9. The van der Waals surface area contributed by atoms with Gasteiger partial charge in [0.2, 0.25) is 0 Å². The van der Waals surface area contributed by atoms with Crippen LogP contribution in [0, 0.1) is 13.8 Å². The summed E-state index contributed by atoms with van der Waals surface area (Å²) in [5, 5.41) is 3.15. The molecule has 1 aromatic carbocycles. The van der Waals surface area contributed by atoms with Gasteiger partial charge in [-0.3, -0.25) is 0 Å². The molecule has 0 radical (unpaired) electrons. The molecule has 76 valence electrons. The number of aryl methyl sites for hydroxylation is 2. The molecule has 0 atom stereocenters. The van der Waals surface area contributed by atoms with E-state index in [4.69, 9.17) is 0 Å². The first-order valence-corrected chi connectivity index (χ1v) is 5.02. The van der Waals surface area contributed by atoms with Crippen molar-refractivity contribution in [1.29, 1.82) is 0 Å². The maximum Gasteiger partial charge on any atom is 0.0162 e. The van der Waals surface area contributed by atoms with Crippen molar-refractivity contribution >= 4 is 6.08 Å². The van der Waals surface area contributed by atoms with E-state index in [-0.39, 0.29) is 0 Å². The standard InChI is InChI=1S/C13H19N/c1-10-5-6-13(12(3)7-10)8-11(2)9-14-4/h5-8,14H,9H2,1-4H3. The summed E-state index contributed by atoms with van der Waals surface area (Å²) in [6.07, 6.45) is 2.24. The minimum Gasteiger partial charge on any atom is -0.316 e. The Bertz CT molecular complexity index is 337. The third-order valence-corrected chi connectivity index (χ3v) is 2.28. The van der Waals surface area contributed by atoms with E-state index < -0.39 is 0 Å². The Morgan fingerprint density at radius 3 is 2.64 bits per heavy atom. The molecule has 1 nitrogen and oxygen atoms in total. The van der Waals surface area contributed by atoms with E-state index in [1.165, 1.54) is 22.3 Å². The van der Waals surface area contributed by atoms with Crippen LogP contribution in [0.15, 0.2) is 23.8 Å². The second-order valence-corrected chi connectivity index (χ2v) is 3.88. The molecule has 0 saturated carbocycles. The highest BCUT2D eigenvalue weighted by molar-refractivity contribution is 5.56. The number of rotatable bonds is 3. The highest BCUT2D eigenvalue weighted by atomic mass is 14.8. The molecule has 0 aliphatic heterocycles. The van der Waals surface area contributed by atoms with E-state index in [9.17, 15) is 0 Å². The topological polar surface area (TPSA) is 12.0 Å². The number of benzene rings is 1. The van der Waals surface area contributed by atoms with Crippen LogP contribution < -0.4 is 5.32 Å². The van der Waals surface area contributed by atoms with E-state index in [0.29, 0.717) is 0 Å². The highest BCUT2D eigenvalue weighted by Gasteiger charge is 1.95. The lowest BCUT2D eigenvalue weighted by Gasteiger charge is -2.04. The zero-order chi connectivity index (χ0) is 10.6. The van der Waals surface area contributed by atoms with Crippen LogP contribution in [-0.4, -0.2) is 13.6 Å². The van der Waals surface area contributed by atoms with Crippen molar-refractivity contribution in [1.82, 2.24) is 5.32 Å². The molecule has 1 N–H and O–H groups in total. The molecule has 0 aromatic heterocycles. The lowest BCUT2D eigenvalue weighted by atomic mass is 10.0. The summed E-state index contributed by atoms with van der Waals surface area (Å²) < 4.78 is 0. The molecule has 0 saturated heterocycles. The molecule has 0 unspecified atom stereocenters. The van der Waals surface area contributed by atoms with E-state index in [1.807, 2.05) is 7.05 Å². The fraction of sp³-hybridized carbons (Fsp3) is 0.385. The fourth-order valence-corrected chi connectivity index (χ4v) is 1.58. The van der Waals surface area contributed by atoms with Gasteiger partial charge >= 0.3 is 0 Å². The molecular formula is C13H19N. The molecule has 1 heteroatoms. The largest absolute Gasteiger partial charge is 0.316 e. The second-order valence-electron chi connectivity index (χ2n) is 3.88. The fourth-order valence-electron chi connectivity index (χ4n) is 1.58. The van der Waals surface area contributed by atoms with Crippen molar-refractivity contribution in [2.75, 3.05) is 13.6 Å². The van der Waals surface area contributed by atoms with E-state index in [1.54, 1.807) is 0 Å². The lowest BCUT2D eigenvalue weighted by Crippen LogP contribution is -2.08. The molecule has 0 heterocycles. The van der Waals surface area contributed by atoms with Crippen LogP contribution in [0.4, 0.5) is 0 Å². The van der Waals surface area contributed by atoms with Gasteiger partial charge < -0.3 is 5.32 Å². The third-order valence-electron chi connectivity index (χ3n) is 2.28. The van der Waals surface area contributed by atoms with Crippen LogP contribution in [0.5, 0.6) is 0 Å². The Morgan fingerprint density at radius 1 is 1.36 bits per heavy atom. The first-order valence-electron chi connectivity index (χ1n) is 5.02. The Morgan fingerprint density at radius 2 is 2.07 bits per heavy atom. The van der Waals surface area contributed by atoms with Crippen molar-refractivity contribution in [2.45, 2.75) is 20.8 Å². The van der Waals surface area contributed by atoms with Gasteiger partial charge in [-0.15, -0.1) is 0 Å². The van der Waals surface area contributed by atoms with Gasteiger partial charge in [0, 0.05) is 6.54 Å². The Kier molecular flexibility index (Phi) is 3.90. The van der Waals surface area contributed by atoms with Gasteiger partial charge in [0.25, 0.3) is 0 Å². The SMILES string of the molecule is CNCC(C)=Cc1ccc(C)cc1C. The van der Waals surface area contributed by atoms with Gasteiger partial charge in [-0.25, -0.2) is 0 Å². The summed E-state index contributed by atoms with van der Waals surface area (Å²) in [4.78, 5) is 0. The van der Waals surface area contributed by atoms with Gasteiger partial charge in [-0.05, 0) is 38.9 Å². The highest BCUT2D eigenvalue weighted by Crippen LogP contribution is 2.13. The minimum atomic E-state index is 0.952. The molecule has 0 aliphatic carbocycles. The van der Waals surface area contributed by atoms with Crippen LogP contribution in [0.2, 0.25) is 0 Å². The average molecular weight is 189 g/mol. The molecular weight excluding hydrogens is 170 g/mol. The van der Waals surface area contributed by atoms with Crippen molar-refractivity contribution in [3.8, 4) is 0 Å². The summed E-state index contributed by atoms with van der Waals surface area (Å²) in [5.74, 6) is 0. The predicted octanol–water partition coefficient (Wildman–Crippen LogP) is 2.93. The van der Waals surface area contributed by atoms with Crippen LogP contribution >= 0.6 is 0 Å². The zero-order valence-electron chi connectivity index (χ0n) is 9.52. The average Bonchev–Trinajstić information content (AvgIpc) is 2.10. The van der Waals surface area contributed by atoms with Gasteiger partial charge in [0.1, 0.15) is 0 Å². The summed E-state index contributed by atoms with van der Waals surface area (Å²) in [5.41, 5.74) is 5.36. The minimum absolute atomic E-state index is 0.952. The second kappa shape index (κ2) is 4.97. The molecule has 1 rings (SSSR count). The van der Waals surface area contributed by atoms with Crippen LogP contribution in [0.3, 0.4) is 0 Å². The van der Waals surface area contributed by atoms with E-state index in [2.05, 4.69) is 50.4 Å². The maximum absolute atomic E-state index is 3.15. The summed E-state index contributed by atoms with van der Waals surface area (Å²) in [6, 6.07) is 6.56. The van der Waals surface area contributed by atoms with Gasteiger partial charge in [-0.2, -0.15) is 0 Å². The Balaban J connectivity index is 2.91. The van der Waals surface area contributed by atoms with Crippen LogP contribution in [0.1, 0.15) is 23.6 Å². The summed E-state index contributed by atoms with van der Waals surface area (Å²) in [6.45, 7) is 7.38. The van der Waals surface area contributed by atoms with Crippen molar-refractivity contribution in [2.24, 2.45) is 0 Å². The maximum atomic E-state index is 3.15. The first-order chi connectivity index (χ1) is 6.63. The molecule has 0 fully saturated rings. The smallest absolute Gasteiger partial charge is 0.0162 e. The monoisotopic (exact) mass is 189 g/mol. The first kappa shape index (κ1) is 11.0. The third kappa shape index (κ3) is 3.00. The zero-order valence-corrected chi connectivity index (χ0v) is 9.52. The Labute approximate surface area is 86.8 Å². The molecule has 0 aliphatic rings. The van der Waals surface area contributed by atoms with E-state index in [0.717, 1.165) is 6.54 Å². The predicted molar refractivity (Wildman–Crippen MR) is 63.5 cm³/mol. The number of likely N-dealkylation sites (N-methyl/N-ethyl adjacent to an activating group) is 1. The molecule has 0 amide bonds. The van der Waals surface area contributed by atoms with Gasteiger partial charge in [-0.1, -0.05) is 35.4 Å². The summed E-state index contributed by atoms with van der Waals surface area (Å²) >= 11 is 0. The quantitative estimate of drug-likeness (QED) is 0.771. The molecule has 0 spiro atoms. The molecule has 0 bridgehead atoms. The van der Waals surface area contributed by atoms with Gasteiger partial charge in [0.15, 0.2) is 0 Å². The van der Waals surface area contributed by atoms with E-state index >= 15 is 0 Å². The van der Waals surface area contributed by atoms with Gasteiger partial charge in [0.05, 0.1) is 0 Å². The Hall–Kier alpha value is -1.08. The summed E-state index contributed by atoms with van der Waals surface area (Å²) in [7, 11) is 1.97. The number of nitrogens with one attached hydrogen (secondary N) is 1. The molecule has 14 heavy (non-hydrogen) atoms. The number of hydrogen-bond acceptors (Lipinski definition) is 1. The van der Waals surface area contributed by atoms with Crippen molar-refractivity contribution in [3.63, 3.8) is 0 Å². The number of hydrogen-bond donors (Lipinski definition) is 1. The van der Waals surface area contributed by atoms with Crippen molar-refractivity contribution < 1.29 is 0 Å². The van der Waals surface area contributed by atoms with Crippen LogP contribution in [0.25, 0.3) is 6.08 Å². The van der Waals surface area contributed by atoms with Crippen molar-refractivity contribution in [3.05, 3.63) is 40.5 Å². The molecule has 1 aromatic rings. The van der Waals surface area contributed by atoms with Crippen LogP contribution in [-0.2, 0) is 0 Å². The lowest BCUT2D eigenvalue weighted by molar-refractivity contribution is 0.884.